The van der Waals surface area contributed by atoms with Crippen molar-refractivity contribution >= 4 is 21.8 Å². The molecule has 2 heterocycles. The van der Waals surface area contributed by atoms with E-state index in [9.17, 15) is 0 Å². The number of aromatic nitrogens is 4. The number of fused-ring (bicyclic) bond motifs is 6. The van der Waals surface area contributed by atoms with Crippen molar-refractivity contribution in [3.63, 3.8) is 0 Å². The standard InChI is InChI=1S/C66H46N4/c1-6-19-43(20-7-1)49-34-33-46-35-36-56(54-31-16-17-32-55(54)57(46)38-49)59-40-53(45-23-10-3-11-24-45)42-61-60-41-52(44-21-8-2-9-22-44)39-58(62(60)67-63(59)61)50-29-18-30-51(37-50)66-69-64(47-25-12-4-13-26-47)68-65(70-66)48-27-14-5-15-28-48/h1-34,37-42,56,67H,35-36H2. The summed E-state index contributed by atoms with van der Waals surface area (Å²) in [5.41, 5.74) is 21.2. The topological polar surface area (TPSA) is 54.5 Å². The van der Waals surface area contributed by atoms with Crippen LogP contribution in [0.4, 0.5) is 0 Å². The van der Waals surface area contributed by atoms with E-state index in [1.807, 2.05) is 36.4 Å². The van der Waals surface area contributed by atoms with Gasteiger partial charge >= 0.3 is 0 Å². The first-order valence-electron chi connectivity index (χ1n) is 24.2. The number of nitrogens with one attached hydrogen (secondary N) is 1. The average Bonchev–Trinajstić information content (AvgIpc) is 3.74. The zero-order valence-electron chi connectivity index (χ0n) is 38.4. The van der Waals surface area contributed by atoms with E-state index in [1.54, 1.807) is 0 Å². The molecule has 2 aromatic heterocycles. The van der Waals surface area contributed by atoms with Crippen molar-refractivity contribution in [2.45, 2.75) is 18.8 Å². The molecule has 0 bridgehead atoms. The Morgan fingerprint density at radius 3 is 1.39 bits per heavy atom. The monoisotopic (exact) mass is 894 g/mol. The molecular formula is C66H46N4. The van der Waals surface area contributed by atoms with Gasteiger partial charge in [-0.1, -0.05) is 206 Å². The highest BCUT2D eigenvalue weighted by Crippen LogP contribution is 2.48. The van der Waals surface area contributed by atoms with Gasteiger partial charge in [-0.05, 0) is 116 Å². The summed E-state index contributed by atoms with van der Waals surface area (Å²) in [7, 11) is 0. The van der Waals surface area contributed by atoms with E-state index in [4.69, 9.17) is 15.0 Å². The number of aromatic amines is 1. The zero-order valence-corrected chi connectivity index (χ0v) is 38.4. The fourth-order valence-electron chi connectivity index (χ4n) is 10.7. The van der Waals surface area contributed by atoms with Crippen LogP contribution in [0.3, 0.4) is 0 Å². The lowest BCUT2D eigenvalue weighted by Gasteiger charge is -2.21. The van der Waals surface area contributed by atoms with Crippen LogP contribution in [0, 0.1) is 0 Å². The minimum atomic E-state index is 0.129. The van der Waals surface area contributed by atoms with Crippen molar-refractivity contribution < 1.29 is 0 Å². The molecule has 1 N–H and O–H groups in total. The quantitative estimate of drug-likeness (QED) is 0.165. The summed E-state index contributed by atoms with van der Waals surface area (Å²) in [4.78, 5) is 19.4. The highest BCUT2D eigenvalue weighted by atomic mass is 15.0. The van der Waals surface area contributed by atoms with Crippen LogP contribution >= 0.6 is 0 Å². The van der Waals surface area contributed by atoms with Gasteiger partial charge in [0.25, 0.3) is 0 Å². The summed E-state index contributed by atoms with van der Waals surface area (Å²) in [5.74, 6) is 2.03. The van der Waals surface area contributed by atoms with Crippen molar-refractivity contribution in [2.75, 3.05) is 0 Å². The second kappa shape index (κ2) is 17.6. The molecular weight excluding hydrogens is 849 g/mol. The Morgan fingerprint density at radius 1 is 0.300 bits per heavy atom. The number of aryl methyl sites for hydroxylation is 1. The van der Waals surface area contributed by atoms with Gasteiger partial charge in [-0.15, -0.1) is 0 Å². The fraction of sp³-hybridized carbons (Fsp3) is 0.0455. The smallest absolute Gasteiger partial charge is 0.164 e. The molecule has 0 saturated carbocycles. The van der Waals surface area contributed by atoms with Crippen LogP contribution in [0.25, 0.3) is 112 Å². The number of benzene rings is 10. The molecule has 0 spiro atoms. The minimum absolute atomic E-state index is 0.129. The molecule has 1 aliphatic carbocycles. The highest BCUT2D eigenvalue weighted by molar-refractivity contribution is 6.15. The van der Waals surface area contributed by atoms with Crippen molar-refractivity contribution in [1.29, 1.82) is 0 Å². The lowest BCUT2D eigenvalue weighted by molar-refractivity contribution is 0.730. The molecule has 0 amide bonds. The summed E-state index contributed by atoms with van der Waals surface area (Å²) in [6, 6.07) is 87.2. The van der Waals surface area contributed by atoms with Gasteiger partial charge in [0.15, 0.2) is 17.5 Å². The van der Waals surface area contributed by atoms with E-state index < -0.39 is 0 Å². The van der Waals surface area contributed by atoms with Crippen LogP contribution in [0.5, 0.6) is 0 Å². The lowest BCUT2D eigenvalue weighted by Crippen LogP contribution is -2.04. The van der Waals surface area contributed by atoms with Gasteiger partial charge in [-0.2, -0.15) is 0 Å². The van der Waals surface area contributed by atoms with E-state index in [0.29, 0.717) is 17.5 Å². The molecule has 0 fully saturated rings. The first kappa shape index (κ1) is 41.2. The highest BCUT2D eigenvalue weighted by Gasteiger charge is 2.28. The Hall–Kier alpha value is -8.99. The van der Waals surface area contributed by atoms with Gasteiger partial charge in [-0.25, -0.2) is 15.0 Å². The van der Waals surface area contributed by atoms with Crippen LogP contribution in [-0.2, 0) is 6.42 Å². The van der Waals surface area contributed by atoms with Gasteiger partial charge in [-0.3, -0.25) is 0 Å². The van der Waals surface area contributed by atoms with Crippen LogP contribution in [0.1, 0.15) is 29.0 Å². The molecule has 10 aromatic carbocycles. The van der Waals surface area contributed by atoms with Gasteiger partial charge in [0.2, 0.25) is 0 Å². The summed E-state index contributed by atoms with van der Waals surface area (Å²) < 4.78 is 0. The molecule has 13 rings (SSSR count). The predicted molar refractivity (Wildman–Crippen MR) is 289 cm³/mol. The molecule has 4 heteroatoms. The zero-order chi connectivity index (χ0) is 46.4. The number of nitrogens with zero attached hydrogens (tertiary/aromatic N) is 3. The number of H-pyrrole nitrogens is 1. The maximum absolute atomic E-state index is 5.13. The summed E-state index contributed by atoms with van der Waals surface area (Å²) in [5, 5.41) is 2.40. The van der Waals surface area contributed by atoms with Crippen molar-refractivity contribution in [3.8, 4) is 89.8 Å². The Bertz CT molecular complexity index is 3810. The molecule has 0 saturated heterocycles. The Balaban J connectivity index is 1.03. The van der Waals surface area contributed by atoms with Crippen LogP contribution in [0.15, 0.2) is 243 Å². The molecule has 12 aromatic rings. The van der Waals surface area contributed by atoms with E-state index in [-0.39, 0.29) is 5.92 Å². The molecule has 330 valence electrons. The Kier molecular flexibility index (Phi) is 10.4. The third kappa shape index (κ3) is 7.57. The lowest BCUT2D eigenvalue weighted by atomic mass is 9.83. The predicted octanol–water partition coefficient (Wildman–Crippen LogP) is 16.9. The number of hydrogen-bond acceptors (Lipinski definition) is 3. The molecule has 0 radical (unpaired) electrons. The SMILES string of the molecule is c1ccc(-c2ccc3c(c2)-c2ccccc2C(c2cc(-c4ccccc4)cc4c2[nH]c2c(-c5cccc(-c6nc(-c7ccccc7)nc(-c7ccccc7)n6)c5)cc(-c5ccccc5)cc24)CC3)cc1. The second-order valence-electron chi connectivity index (χ2n) is 18.3. The minimum Gasteiger partial charge on any atom is -0.354 e. The van der Waals surface area contributed by atoms with E-state index in [1.165, 1.54) is 71.9 Å². The van der Waals surface area contributed by atoms with Gasteiger partial charge in [0.05, 0.1) is 11.0 Å². The molecule has 1 atom stereocenters. The summed E-state index contributed by atoms with van der Waals surface area (Å²) >= 11 is 0. The number of hydrogen-bond donors (Lipinski definition) is 1. The summed E-state index contributed by atoms with van der Waals surface area (Å²) in [6.45, 7) is 0. The van der Waals surface area contributed by atoms with Crippen molar-refractivity contribution in [1.82, 2.24) is 19.9 Å². The third-order valence-electron chi connectivity index (χ3n) is 14.1. The van der Waals surface area contributed by atoms with Gasteiger partial charge < -0.3 is 4.98 Å². The molecule has 70 heavy (non-hydrogen) atoms. The van der Waals surface area contributed by atoms with Gasteiger partial charge in [0, 0.05) is 38.9 Å². The van der Waals surface area contributed by atoms with Crippen molar-refractivity contribution in [3.05, 3.63) is 259 Å². The second-order valence-corrected chi connectivity index (χ2v) is 18.3. The average molecular weight is 895 g/mol. The van der Waals surface area contributed by atoms with Gasteiger partial charge in [0.1, 0.15) is 0 Å². The molecule has 1 unspecified atom stereocenters. The summed E-state index contributed by atoms with van der Waals surface area (Å²) in [6.07, 6.45) is 1.94. The Labute approximate surface area is 407 Å². The van der Waals surface area contributed by atoms with E-state index >= 15 is 0 Å². The first-order valence-corrected chi connectivity index (χ1v) is 24.2. The van der Waals surface area contributed by atoms with E-state index in [2.05, 4.69) is 211 Å². The third-order valence-corrected chi connectivity index (χ3v) is 14.1. The first-order chi connectivity index (χ1) is 34.7. The largest absolute Gasteiger partial charge is 0.354 e. The maximum atomic E-state index is 5.13. The maximum Gasteiger partial charge on any atom is 0.164 e. The van der Waals surface area contributed by atoms with Crippen molar-refractivity contribution in [2.24, 2.45) is 0 Å². The number of rotatable bonds is 8. The molecule has 1 aliphatic rings. The molecule has 4 nitrogen and oxygen atoms in total. The van der Waals surface area contributed by atoms with E-state index in [0.717, 1.165) is 51.7 Å². The fourth-order valence-corrected chi connectivity index (χ4v) is 10.7. The normalized spacial score (nSPS) is 13.2. The van der Waals surface area contributed by atoms with Crippen LogP contribution < -0.4 is 0 Å². The molecule has 0 aliphatic heterocycles. The van der Waals surface area contributed by atoms with Crippen LogP contribution in [0.2, 0.25) is 0 Å². The Morgan fingerprint density at radius 2 is 0.771 bits per heavy atom. The van der Waals surface area contributed by atoms with Crippen LogP contribution in [-0.4, -0.2) is 19.9 Å².